The third-order valence-electron chi connectivity index (χ3n) is 8.12. The molecule has 2 unspecified atom stereocenters. The molecule has 0 bridgehead atoms. The van der Waals surface area contributed by atoms with E-state index in [0.717, 1.165) is 32.1 Å². The first kappa shape index (κ1) is 30.0. The van der Waals surface area contributed by atoms with Gasteiger partial charge < -0.3 is 15.1 Å². The van der Waals surface area contributed by atoms with Gasteiger partial charge in [-0.2, -0.15) is 13.2 Å². The van der Waals surface area contributed by atoms with E-state index < -0.39 is 23.7 Å². The van der Waals surface area contributed by atoms with Crippen LogP contribution in [-0.4, -0.2) is 63.9 Å². The molecular weight excluding hydrogens is 615 g/mol. The summed E-state index contributed by atoms with van der Waals surface area (Å²) in [5, 5.41) is 2.59. The van der Waals surface area contributed by atoms with Crippen molar-refractivity contribution in [3.63, 3.8) is 0 Å². The standard InChI is InChI=1S/C30H31BrF3N5O3/c1-4-37-12-11-20(15-37)26-36-25-16-38(28(41)19-7-10-24(31)23(14-19)30(32,33)34)17(2)13-22(25)29(42)39(26)21-8-5-18(6-9-21)27(40)35-3/h5-10,14,17,20H,4,11-13,15-16H2,1-3H3,(H,35,40). The van der Waals surface area contributed by atoms with Gasteiger partial charge >= 0.3 is 6.18 Å². The average molecular weight is 647 g/mol. The second kappa shape index (κ2) is 11.6. The Balaban J connectivity index is 1.56. The second-order valence-corrected chi connectivity index (χ2v) is 11.6. The summed E-state index contributed by atoms with van der Waals surface area (Å²) in [7, 11) is 1.55. The summed E-state index contributed by atoms with van der Waals surface area (Å²) >= 11 is 2.93. The van der Waals surface area contributed by atoms with Crippen LogP contribution in [0.4, 0.5) is 13.2 Å². The van der Waals surface area contributed by atoms with Crippen LogP contribution in [0.3, 0.4) is 0 Å². The zero-order valence-electron chi connectivity index (χ0n) is 23.5. The number of fused-ring (bicyclic) bond motifs is 1. The molecule has 0 spiro atoms. The van der Waals surface area contributed by atoms with E-state index in [9.17, 15) is 27.6 Å². The van der Waals surface area contributed by atoms with Gasteiger partial charge in [-0.05, 0) is 75.3 Å². The molecule has 2 aliphatic heterocycles. The summed E-state index contributed by atoms with van der Waals surface area (Å²) in [6.45, 7) is 6.29. The highest BCUT2D eigenvalue weighted by molar-refractivity contribution is 9.10. The highest BCUT2D eigenvalue weighted by Crippen LogP contribution is 2.36. The van der Waals surface area contributed by atoms with E-state index in [0.29, 0.717) is 28.3 Å². The normalized spacial score (nSPS) is 19.1. The Morgan fingerprint density at radius 2 is 1.81 bits per heavy atom. The largest absolute Gasteiger partial charge is 0.417 e. The van der Waals surface area contributed by atoms with Gasteiger partial charge in [0, 0.05) is 46.7 Å². The molecule has 42 heavy (non-hydrogen) atoms. The summed E-state index contributed by atoms with van der Waals surface area (Å²) in [6, 6.07) is 9.76. The zero-order valence-corrected chi connectivity index (χ0v) is 25.1. The van der Waals surface area contributed by atoms with Gasteiger partial charge in [-0.15, -0.1) is 0 Å². The summed E-state index contributed by atoms with van der Waals surface area (Å²) < 4.78 is 42.1. The molecule has 0 radical (unpaired) electrons. The molecule has 1 saturated heterocycles. The molecule has 2 aliphatic rings. The first-order valence-corrected chi connectivity index (χ1v) is 14.6. The highest BCUT2D eigenvalue weighted by Gasteiger charge is 2.37. The molecule has 3 heterocycles. The van der Waals surface area contributed by atoms with Gasteiger partial charge in [-0.25, -0.2) is 4.98 Å². The van der Waals surface area contributed by atoms with Crippen LogP contribution in [0.5, 0.6) is 0 Å². The molecule has 222 valence electrons. The Labute approximate surface area is 249 Å². The van der Waals surface area contributed by atoms with Gasteiger partial charge in [0.25, 0.3) is 17.4 Å². The topological polar surface area (TPSA) is 87.5 Å². The summed E-state index contributed by atoms with van der Waals surface area (Å²) in [5.74, 6) is -0.251. The van der Waals surface area contributed by atoms with Crippen molar-refractivity contribution < 1.29 is 22.8 Å². The van der Waals surface area contributed by atoms with Gasteiger partial charge in [-0.3, -0.25) is 19.0 Å². The fraction of sp³-hybridized carbons (Fsp3) is 0.400. The van der Waals surface area contributed by atoms with E-state index in [1.165, 1.54) is 17.0 Å². The van der Waals surface area contributed by atoms with Gasteiger partial charge in [0.15, 0.2) is 0 Å². The number of carbonyl (C=O) groups excluding carboxylic acids is 2. The number of rotatable bonds is 5. The van der Waals surface area contributed by atoms with Crippen molar-refractivity contribution in [2.75, 3.05) is 26.7 Å². The monoisotopic (exact) mass is 645 g/mol. The van der Waals surface area contributed by atoms with Crippen LogP contribution in [-0.2, 0) is 19.1 Å². The molecule has 5 rings (SSSR count). The number of likely N-dealkylation sites (tertiary alicyclic amines) is 1. The maximum atomic E-state index is 14.1. The van der Waals surface area contributed by atoms with E-state index in [4.69, 9.17) is 4.98 Å². The lowest BCUT2D eigenvalue weighted by Gasteiger charge is -2.35. The number of amides is 2. The first-order valence-electron chi connectivity index (χ1n) is 13.8. The third-order valence-corrected chi connectivity index (χ3v) is 8.81. The average Bonchev–Trinajstić information content (AvgIpc) is 3.45. The Morgan fingerprint density at radius 3 is 2.43 bits per heavy atom. The molecule has 12 heteroatoms. The number of carbonyl (C=O) groups is 2. The maximum Gasteiger partial charge on any atom is 0.417 e. The Kier molecular flexibility index (Phi) is 8.30. The molecule has 1 fully saturated rings. The molecule has 3 aromatic rings. The van der Waals surface area contributed by atoms with Gasteiger partial charge in [0.1, 0.15) is 5.82 Å². The molecular formula is C30H31BrF3N5O3. The first-order chi connectivity index (χ1) is 19.9. The van der Waals surface area contributed by atoms with Crippen LogP contribution in [0, 0.1) is 0 Å². The van der Waals surface area contributed by atoms with Crippen LogP contribution >= 0.6 is 15.9 Å². The van der Waals surface area contributed by atoms with Crippen molar-refractivity contribution in [2.24, 2.45) is 0 Å². The van der Waals surface area contributed by atoms with Crippen LogP contribution < -0.4 is 10.9 Å². The van der Waals surface area contributed by atoms with Crippen LogP contribution in [0.2, 0.25) is 0 Å². The number of nitrogens with one attached hydrogen (secondary N) is 1. The molecule has 0 aliphatic carbocycles. The minimum absolute atomic E-state index is 0.00957. The zero-order chi connectivity index (χ0) is 30.3. The molecule has 8 nitrogen and oxygen atoms in total. The van der Waals surface area contributed by atoms with E-state index >= 15 is 0 Å². The number of nitrogens with zero attached hydrogens (tertiary/aromatic N) is 4. The molecule has 2 aromatic carbocycles. The molecule has 1 N–H and O–H groups in total. The number of alkyl halides is 3. The van der Waals surface area contributed by atoms with Gasteiger partial charge in [-0.1, -0.05) is 22.9 Å². The number of hydrogen-bond acceptors (Lipinski definition) is 5. The predicted molar refractivity (Wildman–Crippen MR) is 155 cm³/mol. The molecule has 2 atom stereocenters. The fourth-order valence-corrected chi connectivity index (χ4v) is 6.22. The van der Waals surface area contributed by atoms with E-state index in [-0.39, 0.29) is 40.4 Å². The fourth-order valence-electron chi connectivity index (χ4n) is 5.75. The lowest BCUT2D eigenvalue weighted by Crippen LogP contribution is -2.46. The predicted octanol–water partition coefficient (Wildman–Crippen LogP) is 4.77. The molecule has 0 saturated carbocycles. The lowest BCUT2D eigenvalue weighted by molar-refractivity contribution is -0.138. The van der Waals surface area contributed by atoms with Crippen LogP contribution in [0.25, 0.3) is 5.69 Å². The number of aromatic nitrogens is 2. The number of benzene rings is 2. The SMILES string of the molecule is CCN1CCC(c2nc3c(c(=O)n2-c2ccc(C(=O)NC)cc2)CC(C)N(C(=O)c2ccc(Br)c(C(F)(F)F)c2)C3)C1. The lowest BCUT2D eigenvalue weighted by atomic mass is 9.97. The van der Waals surface area contributed by atoms with E-state index in [1.807, 2.05) is 0 Å². The maximum absolute atomic E-state index is 14.1. The number of halogens is 4. The smallest absolute Gasteiger partial charge is 0.355 e. The highest BCUT2D eigenvalue weighted by atomic mass is 79.9. The number of hydrogen-bond donors (Lipinski definition) is 1. The van der Waals surface area contributed by atoms with Gasteiger partial charge in [0.05, 0.1) is 23.5 Å². The van der Waals surface area contributed by atoms with Crippen LogP contribution in [0.1, 0.15) is 69.5 Å². The van der Waals surface area contributed by atoms with Crippen LogP contribution in [0.15, 0.2) is 51.7 Å². The molecule has 2 amide bonds. The van der Waals surface area contributed by atoms with E-state index in [2.05, 4.69) is 33.1 Å². The van der Waals surface area contributed by atoms with Crippen molar-refractivity contribution in [1.29, 1.82) is 0 Å². The molecule has 1 aromatic heterocycles. The summed E-state index contributed by atoms with van der Waals surface area (Å²) in [4.78, 5) is 48.4. The van der Waals surface area contributed by atoms with Crippen molar-refractivity contribution >= 4 is 27.7 Å². The summed E-state index contributed by atoms with van der Waals surface area (Å²) in [6.07, 6.45) is -3.62. The summed E-state index contributed by atoms with van der Waals surface area (Å²) in [5.41, 5.74) is 0.744. The van der Waals surface area contributed by atoms with Crippen molar-refractivity contribution in [1.82, 2.24) is 24.7 Å². The Bertz CT molecular complexity index is 1590. The Morgan fingerprint density at radius 1 is 1.12 bits per heavy atom. The Hall–Kier alpha value is -3.51. The quantitative estimate of drug-likeness (QED) is 0.432. The van der Waals surface area contributed by atoms with Gasteiger partial charge in [0.2, 0.25) is 0 Å². The minimum atomic E-state index is -4.62. The second-order valence-electron chi connectivity index (χ2n) is 10.7. The third kappa shape index (κ3) is 5.61. The van der Waals surface area contributed by atoms with Crippen molar-refractivity contribution in [2.45, 2.75) is 51.4 Å². The van der Waals surface area contributed by atoms with Crippen molar-refractivity contribution in [3.05, 3.63) is 91.1 Å². The van der Waals surface area contributed by atoms with Crippen molar-refractivity contribution in [3.8, 4) is 5.69 Å². The number of likely N-dealkylation sites (N-methyl/N-ethyl adjacent to an activating group) is 1. The minimum Gasteiger partial charge on any atom is -0.355 e. The van der Waals surface area contributed by atoms with E-state index in [1.54, 1.807) is 42.8 Å².